The number of hydrogen-bond acceptors (Lipinski definition) is 11. The van der Waals surface area contributed by atoms with Crippen molar-refractivity contribution < 1.29 is 19.1 Å². The molecule has 2 unspecified atom stereocenters. The van der Waals surface area contributed by atoms with Gasteiger partial charge in [0.2, 0.25) is 11.8 Å². The van der Waals surface area contributed by atoms with Crippen molar-refractivity contribution >= 4 is 40.3 Å². The Morgan fingerprint density at radius 1 is 0.794 bits per heavy atom. The molecule has 0 saturated carbocycles. The molecule has 5 aliphatic rings. The molecule has 5 aromatic rings. The molecule has 4 fully saturated rings. The summed E-state index contributed by atoms with van der Waals surface area (Å²) in [4.78, 5) is 55.8. The predicted molar refractivity (Wildman–Crippen MR) is 242 cm³/mol. The van der Waals surface area contributed by atoms with Gasteiger partial charge in [0.1, 0.15) is 35.4 Å². The summed E-state index contributed by atoms with van der Waals surface area (Å²) in [7, 11) is 0. The van der Waals surface area contributed by atoms with Crippen LogP contribution in [0.5, 0.6) is 11.5 Å². The molecule has 14 heteroatoms. The van der Waals surface area contributed by atoms with E-state index in [1.54, 1.807) is 11.2 Å². The fourth-order valence-corrected chi connectivity index (χ4v) is 10.8. The highest BCUT2D eigenvalue weighted by Gasteiger charge is 2.39. The first-order valence-corrected chi connectivity index (χ1v) is 23.1. The van der Waals surface area contributed by atoms with Gasteiger partial charge in [0.25, 0.3) is 5.91 Å². The van der Waals surface area contributed by atoms with Crippen LogP contribution in [0.25, 0.3) is 22.3 Å². The normalized spacial score (nSPS) is 21.9. The smallest absolute Gasteiger partial charge is 0.255 e. The summed E-state index contributed by atoms with van der Waals surface area (Å²) in [6.45, 7) is 9.22. The number of rotatable bonds is 12. The van der Waals surface area contributed by atoms with Crippen LogP contribution < -0.4 is 20.7 Å². The minimum atomic E-state index is -0.581. The van der Waals surface area contributed by atoms with E-state index in [0.717, 1.165) is 96.5 Å². The van der Waals surface area contributed by atoms with Crippen LogP contribution in [0.1, 0.15) is 86.2 Å². The summed E-state index contributed by atoms with van der Waals surface area (Å²) >= 11 is 0. The number of carbonyl (C=O) groups excluding carboxylic acids is 3. The number of nitrogens with zero attached hydrogens (tertiary/aromatic N) is 8. The van der Waals surface area contributed by atoms with Crippen molar-refractivity contribution in [3.8, 4) is 22.8 Å². The Morgan fingerprint density at radius 2 is 1.57 bits per heavy atom. The number of nitrogens with two attached hydrogens (primary N) is 1. The maximum Gasteiger partial charge on any atom is 0.255 e. The Labute approximate surface area is 368 Å². The van der Waals surface area contributed by atoms with Crippen molar-refractivity contribution in [1.29, 1.82) is 0 Å². The molecule has 3 amide bonds. The lowest BCUT2D eigenvalue weighted by molar-refractivity contribution is -0.136. The van der Waals surface area contributed by atoms with Gasteiger partial charge in [-0.2, -0.15) is 5.10 Å². The largest absolute Gasteiger partial charge is 0.457 e. The van der Waals surface area contributed by atoms with Crippen LogP contribution >= 0.6 is 0 Å². The Balaban J connectivity index is 0.669. The van der Waals surface area contributed by atoms with E-state index < -0.39 is 6.04 Å². The number of nitrogen functional groups attached to an aromatic ring is 1. The second kappa shape index (κ2) is 18.1. The summed E-state index contributed by atoms with van der Waals surface area (Å²) in [6, 6.07) is 23.6. The van der Waals surface area contributed by atoms with Crippen molar-refractivity contribution in [2.75, 3.05) is 63.0 Å². The summed E-state index contributed by atoms with van der Waals surface area (Å²) in [6.07, 6.45) is 11.8. The number of aromatic nitrogens is 4. The van der Waals surface area contributed by atoms with Crippen LogP contribution in [0.4, 0.5) is 11.5 Å². The first-order chi connectivity index (χ1) is 30.8. The Bertz CT molecular complexity index is 2440. The topological polar surface area (TPSA) is 155 Å². The van der Waals surface area contributed by atoms with E-state index in [0.29, 0.717) is 30.3 Å². The van der Waals surface area contributed by atoms with Crippen LogP contribution in [0, 0.1) is 11.8 Å². The third-order valence-electron chi connectivity index (χ3n) is 14.2. The lowest BCUT2D eigenvalue weighted by Crippen LogP contribution is -2.52. The van der Waals surface area contributed by atoms with Gasteiger partial charge in [-0.3, -0.25) is 19.7 Å². The van der Waals surface area contributed by atoms with Gasteiger partial charge in [0.15, 0.2) is 5.65 Å². The van der Waals surface area contributed by atoms with Gasteiger partial charge in [0, 0.05) is 56.0 Å². The molecule has 0 spiro atoms. The van der Waals surface area contributed by atoms with Gasteiger partial charge < -0.3 is 30.1 Å². The maximum atomic E-state index is 13.2. The number of nitrogens with one attached hydrogen (secondary N) is 1. The van der Waals surface area contributed by atoms with Gasteiger partial charge in [-0.25, -0.2) is 14.6 Å². The van der Waals surface area contributed by atoms with Gasteiger partial charge in [-0.15, -0.1) is 0 Å². The molecular weight excluding hydrogens is 793 g/mol. The predicted octanol–water partition coefficient (Wildman–Crippen LogP) is 6.67. The number of likely N-dealkylation sites (tertiary alicyclic amines) is 2. The molecule has 0 aliphatic carbocycles. The monoisotopic (exact) mass is 850 g/mol. The van der Waals surface area contributed by atoms with E-state index in [1.807, 2.05) is 60.7 Å². The fraction of sp³-hybridized carbons (Fsp3) is 0.469. The molecule has 63 heavy (non-hydrogen) atoms. The highest BCUT2D eigenvalue weighted by atomic mass is 16.5. The Morgan fingerprint density at radius 3 is 2.37 bits per heavy atom. The standard InChI is InChI=1S/C49H58N10O4/c50-46-44-45(35-10-13-40(14-11-35)63-39-8-2-1-3-9-39)54-59(47(44)52-32-51-46)38-7-5-23-56(31-38)29-34-18-24-55(25-19-34)22-4-6-33-20-26-57(27-21-33)37-12-15-41-36(28-37)30-58(49(41)62)42-16-17-43(60)53-48(42)61/h1-3,8-15,28,32-34,38,42H,4-7,16-27,29-31H2,(H2,50,51,52)(H,53,60,61). The van der Waals surface area contributed by atoms with Crippen LogP contribution in [0.3, 0.4) is 0 Å². The summed E-state index contributed by atoms with van der Waals surface area (Å²) < 4.78 is 8.16. The molecule has 3 N–H and O–H groups in total. The lowest BCUT2D eigenvalue weighted by atomic mass is 9.91. The maximum absolute atomic E-state index is 13.2. The highest BCUT2D eigenvalue weighted by Crippen LogP contribution is 2.36. The first kappa shape index (κ1) is 41.2. The average Bonchev–Trinajstić information content (AvgIpc) is 3.86. The van der Waals surface area contributed by atoms with Crippen molar-refractivity contribution in [3.63, 3.8) is 0 Å². The molecule has 7 heterocycles. The molecule has 10 rings (SSSR count). The fourth-order valence-electron chi connectivity index (χ4n) is 10.8. The number of piperidine rings is 4. The van der Waals surface area contributed by atoms with Crippen LogP contribution in [0.2, 0.25) is 0 Å². The van der Waals surface area contributed by atoms with Crippen LogP contribution in [-0.2, 0) is 16.1 Å². The molecule has 0 bridgehead atoms. The quantitative estimate of drug-likeness (QED) is 0.129. The zero-order valence-electron chi connectivity index (χ0n) is 36.0. The third-order valence-corrected chi connectivity index (χ3v) is 14.2. The average molecular weight is 851 g/mol. The number of imide groups is 1. The molecule has 328 valence electrons. The molecule has 2 atom stereocenters. The molecule has 2 aromatic heterocycles. The minimum Gasteiger partial charge on any atom is -0.457 e. The second-order valence-electron chi connectivity index (χ2n) is 18.3. The highest BCUT2D eigenvalue weighted by molar-refractivity contribution is 6.05. The van der Waals surface area contributed by atoms with E-state index in [2.05, 4.69) is 41.8 Å². The Hall–Kier alpha value is -5.86. The molecule has 3 aromatic carbocycles. The second-order valence-corrected chi connectivity index (χ2v) is 18.3. The van der Waals surface area contributed by atoms with Crippen molar-refractivity contribution in [1.82, 2.24) is 39.8 Å². The number of hydrogen-bond donors (Lipinski definition) is 2. The number of fused-ring (bicyclic) bond motifs is 2. The van der Waals surface area contributed by atoms with E-state index in [9.17, 15) is 14.4 Å². The van der Waals surface area contributed by atoms with Crippen molar-refractivity contribution in [3.05, 3.63) is 90.3 Å². The molecular formula is C49H58N10O4. The van der Waals surface area contributed by atoms with Gasteiger partial charge in [-0.05, 0) is 156 Å². The number of amides is 3. The SMILES string of the molecule is Nc1ncnc2c1c(-c1ccc(Oc3ccccc3)cc1)nn2C1CCCN(CC2CCN(CCCC3CCN(c4ccc5c(c4)CN(C4CCC(=O)NC4=O)C5=O)CC3)CC2)C1. The summed E-state index contributed by atoms with van der Waals surface area (Å²) in [5, 5.41) is 8.39. The number of ether oxygens (including phenoxy) is 1. The van der Waals surface area contributed by atoms with Crippen LogP contribution in [-0.4, -0.2) is 111 Å². The number of carbonyl (C=O) groups is 3. The molecule has 4 saturated heterocycles. The van der Waals surface area contributed by atoms with Crippen molar-refractivity contribution in [2.24, 2.45) is 11.8 Å². The molecule has 5 aliphatic heterocycles. The molecule has 14 nitrogen and oxygen atoms in total. The lowest BCUT2D eigenvalue weighted by Gasteiger charge is -2.38. The van der Waals surface area contributed by atoms with E-state index >= 15 is 0 Å². The first-order valence-electron chi connectivity index (χ1n) is 23.1. The summed E-state index contributed by atoms with van der Waals surface area (Å²) in [5.41, 5.74) is 11.9. The summed E-state index contributed by atoms with van der Waals surface area (Å²) in [5.74, 6) is 2.72. The van der Waals surface area contributed by atoms with Crippen molar-refractivity contribution in [2.45, 2.75) is 82.8 Å². The Kier molecular flexibility index (Phi) is 11.8. The number of para-hydroxylation sites is 1. The van der Waals surface area contributed by atoms with E-state index in [1.165, 1.54) is 58.2 Å². The zero-order chi connectivity index (χ0) is 42.9. The zero-order valence-corrected chi connectivity index (χ0v) is 36.0. The van der Waals surface area contributed by atoms with Gasteiger partial charge >= 0.3 is 0 Å². The van der Waals surface area contributed by atoms with Gasteiger partial charge in [0.05, 0.1) is 11.4 Å². The van der Waals surface area contributed by atoms with E-state index in [-0.39, 0.29) is 30.2 Å². The number of benzene rings is 3. The van der Waals surface area contributed by atoms with Crippen LogP contribution in [0.15, 0.2) is 79.1 Å². The van der Waals surface area contributed by atoms with Gasteiger partial charge in [-0.1, -0.05) is 18.2 Å². The minimum absolute atomic E-state index is 0.115. The molecule has 0 radical (unpaired) electrons. The number of anilines is 2. The van der Waals surface area contributed by atoms with E-state index in [4.69, 9.17) is 20.6 Å². The third kappa shape index (κ3) is 8.88.